The van der Waals surface area contributed by atoms with Crippen molar-refractivity contribution in [1.82, 2.24) is 0 Å². The zero-order chi connectivity index (χ0) is 38.2. The molecule has 9 heteroatoms. The fourth-order valence-corrected chi connectivity index (χ4v) is 4.87. The number of carbonyl (C=O) groups is 2. The first-order chi connectivity index (χ1) is 25.3. The van der Waals surface area contributed by atoms with E-state index in [2.05, 4.69) is 128 Å². The topological polar surface area (TPSA) is 119 Å². The van der Waals surface area contributed by atoms with Crippen LogP contribution in [0.4, 0.5) is 0 Å². The van der Waals surface area contributed by atoms with Crippen LogP contribution in [0.3, 0.4) is 0 Å². The molecule has 1 atom stereocenters. The molecule has 0 aliphatic rings. The predicted molar refractivity (Wildman–Crippen MR) is 216 cm³/mol. The van der Waals surface area contributed by atoms with E-state index in [0.29, 0.717) is 12.8 Å². The highest BCUT2D eigenvalue weighted by Gasteiger charge is 2.22. The van der Waals surface area contributed by atoms with Crippen LogP contribution in [-0.2, 0) is 28.2 Å². The number of hydrogen-bond donors (Lipinski definition) is 2. The average Bonchev–Trinajstić information content (AvgIpc) is 3.11. The van der Waals surface area contributed by atoms with Crippen LogP contribution in [0, 0.1) is 0 Å². The molecule has 0 fully saturated rings. The standard InChI is InChI=1S/C43H67O8P/c1-3-5-7-9-11-13-15-17-19-20-21-22-24-25-27-29-31-33-35-37-42(44)49-39-41(40-50-52(46,47)48)51-43(45)38-36-34-32-30-28-26-23-18-16-14-12-10-8-6-4-2/h5-8,11-14,17-19,21-23,25,27-28,30,41H,3-4,9-10,15-16,20,24,26,29,31-40H2,1-2H3,(H2,46,47,48)/b7-5+,8-6+,13-11+,14-12+,19-17+,22-21+,23-18+,27-25+,30-28+/t41-/m1/s1. The van der Waals surface area contributed by atoms with Crippen molar-refractivity contribution >= 4 is 19.8 Å². The van der Waals surface area contributed by atoms with Gasteiger partial charge in [0, 0.05) is 12.8 Å². The Labute approximate surface area is 315 Å². The fraction of sp³-hybridized carbons (Fsp3) is 0.535. The van der Waals surface area contributed by atoms with Gasteiger partial charge in [-0.25, -0.2) is 4.57 Å². The van der Waals surface area contributed by atoms with Crippen LogP contribution in [0.1, 0.15) is 129 Å². The SMILES string of the molecule is CC/C=C/C/C=C/C/C=C/C/C=C/C/C=C/CCCCCC(=O)OC[C@H](COP(=O)(O)O)OC(=O)CCCC/C=C/C/C=C/C/C=C/C/C=C/CC. The number of phosphoric acid groups is 1. The summed E-state index contributed by atoms with van der Waals surface area (Å²) in [5.74, 6) is -0.986. The number of rotatable bonds is 33. The molecule has 0 saturated carbocycles. The van der Waals surface area contributed by atoms with Gasteiger partial charge in [0.15, 0.2) is 6.10 Å². The molecule has 0 rings (SSSR count). The largest absolute Gasteiger partial charge is 0.469 e. The second-order valence-electron chi connectivity index (χ2n) is 12.1. The summed E-state index contributed by atoms with van der Waals surface area (Å²) < 4.78 is 26.3. The van der Waals surface area contributed by atoms with E-state index in [1.54, 1.807) is 0 Å². The molecule has 0 spiro atoms. The van der Waals surface area contributed by atoms with Crippen molar-refractivity contribution in [3.05, 3.63) is 109 Å². The summed E-state index contributed by atoms with van der Waals surface area (Å²) in [7, 11) is -4.78. The van der Waals surface area contributed by atoms with Crippen molar-refractivity contribution in [2.45, 2.75) is 136 Å². The highest BCUT2D eigenvalue weighted by molar-refractivity contribution is 7.46. The Kier molecular flexibility index (Phi) is 35.1. The molecule has 0 aliphatic heterocycles. The van der Waals surface area contributed by atoms with Crippen molar-refractivity contribution in [3.8, 4) is 0 Å². The van der Waals surface area contributed by atoms with Gasteiger partial charge in [-0.15, -0.1) is 0 Å². The molecule has 8 nitrogen and oxygen atoms in total. The number of carbonyl (C=O) groups excluding carboxylic acids is 2. The number of hydrogen-bond acceptors (Lipinski definition) is 6. The first kappa shape index (κ1) is 48.7. The minimum atomic E-state index is -4.78. The Morgan fingerprint density at radius 3 is 1.29 bits per heavy atom. The quantitative estimate of drug-likeness (QED) is 0.0295. The van der Waals surface area contributed by atoms with Gasteiger partial charge < -0.3 is 19.3 Å². The summed E-state index contributed by atoms with van der Waals surface area (Å²) in [5, 5.41) is 0. The zero-order valence-electron chi connectivity index (χ0n) is 31.9. The maximum absolute atomic E-state index is 12.4. The molecule has 0 bridgehead atoms. The monoisotopic (exact) mass is 742 g/mol. The maximum atomic E-state index is 12.4. The van der Waals surface area contributed by atoms with E-state index < -0.39 is 32.5 Å². The van der Waals surface area contributed by atoms with Gasteiger partial charge in [-0.05, 0) is 96.3 Å². The summed E-state index contributed by atoms with van der Waals surface area (Å²) in [6, 6.07) is 0. The Balaban J connectivity index is 4.13. The molecule has 0 aromatic heterocycles. The van der Waals surface area contributed by atoms with Crippen LogP contribution in [0.15, 0.2) is 109 Å². The van der Waals surface area contributed by atoms with E-state index in [1.165, 1.54) is 0 Å². The fourth-order valence-electron chi connectivity index (χ4n) is 4.51. The molecule has 2 N–H and O–H groups in total. The van der Waals surface area contributed by atoms with Gasteiger partial charge in [-0.3, -0.25) is 14.1 Å². The lowest BCUT2D eigenvalue weighted by Crippen LogP contribution is -2.29. The number of esters is 2. The number of ether oxygens (including phenoxy) is 2. The number of allylic oxidation sites excluding steroid dienone is 18. The third kappa shape index (κ3) is 39.5. The second-order valence-corrected chi connectivity index (χ2v) is 13.4. The van der Waals surface area contributed by atoms with E-state index in [-0.39, 0.29) is 19.4 Å². The summed E-state index contributed by atoms with van der Waals surface area (Å²) >= 11 is 0. The highest BCUT2D eigenvalue weighted by Crippen LogP contribution is 2.35. The molecule has 52 heavy (non-hydrogen) atoms. The van der Waals surface area contributed by atoms with Gasteiger partial charge in [0.1, 0.15) is 6.61 Å². The molecule has 0 aromatic rings. The van der Waals surface area contributed by atoms with Crippen molar-refractivity contribution < 1.29 is 37.9 Å². The van der Waals surface area contributed by atoms with Crippen molar-refractivity contribution in [3.63, 3.8) is 0 Å². The average molecular weight is 743 g/mol. The molecule has 0 heterocycles. The zero-order valence-corrected chi connectivity index (χ0v) is 32.8. The second kappa shape index (κ2) is 37.5. The van der Waals surface area contributed by atoms with Crippen LogP contribution in [-0.4, -0.2) is 41.0 Å². The Morgan fingerprint density at radius 1 is 0.500 bits per heavy atom. The summed E-state index contributed by atoms with van der Waals surface area (Å²) in [4.78, 5) is 42.7. The molecule has 0 radical (unpaired) electrons. The van der Waals surface area contributed by atoms with Gasteiger partial charge in [0.25, 0.3) is 0 Å². The number of phosphoric ester groups is 1. The minimum Gasteiger partial charge on any atom is -0.462 e. The summed E-state index contributed by atoms with van der Waals surface area (Å²) in [5.41, 5.74) is 0. The highest BCUT2D eigenvalue weighted by atomic mass is 31.2. The van der Waals surface area contributed by atoms with E-state index in [0.717, 1.165) is 89.9 Å². The van der Waals surface area contributed by atoms with Gasteiger partial charge >= 0.3 is 19.8 Å². The first-order valence-electron chi connectivity index (χ1n) is 19.2. The molecule has 0 amide bonds. The lowest BCUT2D eigenvalue weighted by molar-refractivity contribution is -0.161. The van der Waals surface area contributed by atoms with Crippen molar-refractivity contribution in [2.75, 3.05) is 13.2 Å². The molecule has 292 valence electrons. The van der Waals surface area contributed by atoms with E-state index >= 15 is 0 Å². The van der Waals surface area contributed by atoms with Gasteiger partial charge in [0.05, 0.1) is 6.61 Å². The predicted octanol–water partition coefficient (Wildman–Crippen LogP) is 11.6. The van der Waals surface area contributed by atoms with Gasteiger partial charge in [0.2, 0.25) is 0 Å². The van der Waals surface area contributed by atoms with Crippen LogP contribution in [0.25, 0.3) is 0 Å². The van der Waals surface area contributed by atoms with Crippen LogP contribution in [0.2, 0.25) is 0 Å². The van der Waals surface area contributed by atoms with Gasteiger partial charge in [-0.1, -0.05) is 130 Å². The Hall–Kier alpha value is -3.29. The van der Waals surface area contributed by atoms with Crippen LogP contribution >= 0.6 is 7.82 Å². The number of unbranched alkanes of at least 4 members (excludes halogenated alkanes) is 5. The lowest BCUT2D eigenvalue weighted by atomic mass is 10.1. The third-order valence-corrected chi connectivity index (χ3v) is 7.77. The first-order valence-corrected chi connectivity index (χ1v) is 20.7. The van der Waals surface area contributed by atoms with E-state index in [1.807, 2.05) is 0 Å². The molecular formula is C43H67O8P. The summed E-state index contributed by atoms with van der Waals surface area (Å²) in [6.07, 6.45) is 52.4. The smallest absolute Gasteiger partial charge is 0.462 e. The summed E-state index contributed by atoms with van der Waals surface area (Å²) in [6.45, 7) is 3.36. The normalized spacial score (nSPS) is 13.7. The van der Waals surface area contributed by atoms with Crippen LogP contribution in [0.5, 0.6) is 0 Å². The van der Waals surface area contributed by atoms with Crippen LogP contribution < -0.4 is 0 Å². The molecular weight excluding hydrogens is 675 g/mol. The van der Waals surface area contributed by atoms with Crippen molar-refractivity contribution in [2.24, 2.45) is 0 Å². The Bertz CT molecular complexity index is 1200. The van der Waals surface area contributed by atoms with E-state index in [4.69, 9.17) is 19.3 Å². The molecule has 0 aromatic carbocycles. The maximum Gasteiger partial charge on any atom is 0.469 e. The van der Waals surface area contributed by atoms with Crippen molar-refractivity contribution in [1.29, 1.82) is 0 Å². The molecule has 0 unspecified atom stereocenters. The van der Waals surface area contributed by atoms with Gasteiger partial charge in [-0.2, -0.15) is 0 Å². The third-order valence-electron chi connectivity index (χ3n) is 7.29. The van der Waals surface area contributed by atoms with E-state index in [9.17, 15) is 14.2 Å². The lowest BCUT2D eigenvalue weighted by Gasteiger charge is -2.18. The Morgan fingerprint density at radius 2 is 0.865 bits per heavy atom. The minimum absolute atomic E-state index is 0.145. The molecule has 0 aliphatic carbocycles. The molecule has 0 saturated heterocycles.